The summed E-state index contributed by atoms with van der Waals surface area (Å²) in [4.78, 5) is 43.2. The highest BCUT2D eigenvalue weighted by Gasteiger charge is 2.29. The minimum atomic E-state index is -0.283. The fourth-order valence-electron chi connectivity index (χ4n) is 3.98. The number of carbonyl (C=O) groups is 2. The Morgan fingerprint density at radius 1 is 1.31 bits per heavy atom. The molecule has 2 aromatic rings. The fourth-order valence-corrected chi connectivity index (χ4v) is 5.03. The van der Waals surface area contributed by atoms with Gasteiger partial charge >= 0.3 is 0 Å². The van der Waals surface area contributed by atoms with Gasteiger partial charge in [0.05, 0.1) is 16.6 Å². The lowest BCUT2D eigenvalue weighted by molar-refractivity contribution is -0.121. The summed E-state index contributed by atoms with van der Waals surface area (Å²) in [7, 11) is 0. The third-order valence-corrected chi connectivity index (χ3v) is 7.23. The molecule has 3 atom stereocenters. The Hall–Kier alpha value is -2.22. The SMILES string of the molecule is CCCNC(=O)Cn1cnc2sc(C(=O)NC3CCCC(C)C3C)c(C)c2c1=O. The van der Waals surface area contributed by atoms with E-state index in [-0.39, 0.29) is 30.0 Å². The van der Waals surface area contributed by atoms with E-state index in [0.29, 0.717) is 39.0 Å². The first-order chi connectivity index (χ1) is 13.8. The first kappa shape index (κ1) is 21.5. The molecule has 2 amide bonds. The van der Waals surface area contributed by atoms with Gasteiger partial charge in [-0.15, -0.1) is 11.3 Å². The Balaban J connectivity index is 1.84. The number of nitrogens with zero attached hydrogens (tertiary/aromatic N) is 2. The predicted molar refractivity (Wildman–Crippen MR) is 115 cm³/mol. The van der Waals surface area contributed by atoms with Crippen LogP contribution in [0.1, 0.15) is 61.7 Å². The molecule has 0 aliphatic heterocycles. The van der Waals surface area contributed by atoms with Gasteiger partial charge in [-0.2, -0.15) is 0 Å². The Labute approximate surface area is 174 Å². The highest BCUT2D eigenvalue weighted by Crippen LogP contribution is 2.31. The molecule has 8 heteroatoms. The predicted octanol–water partition coefficient (Wildman–Crippen LogP) is 2.85. The molecule has 3 rings (SSSR count). The van der Waals surface area contributed by atoms with E-state index < -0.39 is 0 Å². The molecule has 0 saturated heterocycles. The largest absolute Gasteiger partial charge is 0.355 e. The minimum Gasteiger partial charge on any atom is -0.355 e. The van der Waals surface area contributed by atoms with Crippen LogP contribution in [-0.4, -0.2) is 34.0 Å². The molecule has 0 radical (unpaired) electrons. The number of hydrogen-bond acceptors (Lipinski definition) is 5. The molecule has 2 N–H and O–H groups in total. The van der Waals surface area contributed by atoms with Gasteiger partial charge in [0, 0.05) is 12.6 Å². The van der Waals surface area contributed by atoms with Crippen LogP contribution in [0.2, 0.25) is 0 Å². The zero-order valence-corrected chi connectivity index (χ0v) is 18.4. The summed E-state index contributed by atoms with van der Waals surface area (Å²) in [6, 6.07) is 0.155. The lowest BCUT2D eigenvalue weighted by Gasteiger charge is -2.34. The zero-order chi connectivity index (χ0) is 21.1. The number of aryl methyl sites for hydroxylation is 1. The van der Waals surface area contributed by atoms with Gasteiger partial charge < -0.3 is 10.6 Å². The quantitative estimate of drug-likeness (QED) is 0.754. The van der Waals surface area contributed by atoms with Crippen LogP contribution < -0.4 is 16.2 Å². The van der Waals surface area contributed by atoms with Crippen LogP contribution in [0.15, 0.2) is 11.1 Å². The van der Waals surface area contributed by atoms with E-state index >= 15 is 0 Å². The molecule has 1 saturated carbocycles. The van der Waals surface area contributed by atoms with E-state index in [1.54, 1.807) is 6.92 Å². The first-order valence-electron chi connectivity index (χ1n) is 10.4. The van der Waals surface area contributed by atoms with Crippen molar-refractivity contribution in [1.82, 2.24) is 20.2 Å². The van der Waals surface area contributed by atoms with Crippen LogP contribution in [0.3, 0.4) is 0 Å². The zero-order valence-electron chi connectivity index (χ0n) is 17.6. The van der Waals surface area contributed by atoms with Crippen molar-refractivity contribution in [2.75, 3.05) is 6.54 Å². The molecule has 29 heavy (non-hydrogen) atoms. The van der Waals surface area contributed by atoms with Crippen LogP contribution in [-0.2, 0) is 11.3 Å². The van der Waals surface area contributed by atoms with E-state index in [1.165, 1.54) is 28.7 Å². The molecule has 2 heterocycles. The smallest absolute Gasteiger partial charge is 0.262 e. The molecule has 158 valence electrons. The van der Waals surface area contributed by atoms with Crippen LogP contribution in [0.25, 0.3) is 10.2 Å². The molecule has 7 nitrogen and oxygen atoms in total. The standard InChI is InChI=1S/C21H30N4O3S/c1-5-9-22-16(26)10-25-11-23-20-17(21(25)28)14(4)18(29-20)19(27)24-15-8-6-7-12(2)13(15)3/h11-13,15H,5-10H2,1-4H3,(H,22,26)(H,24,27). The van der Waals surface area contributed by atoms with E-state index in [1.807, 2.05) is 6.92 Å². The third kappa shape index (κ3) is 4.52. The Bertz CT molecular complexity index is 965. The van der Waals surface area contributed by atoms with Crippen LogP contribution >= 0.6 is 11.3 Å². The monoisotopic (exact) mass is 418 g/mol. The Kier molecular flexibility index (Phi) is 6.72. The highest BCUT2D eigenvalue weighted by atomic mass is 32.1. The molecular weight excluding hydrogens is 388 g/mol. The number of thiophene rings is 1. The maximum absolute atomic E-state index is 12.9. The summed E-state index contributed by atoms with van der Waals surface area (Å²) in [6.45, 7) is 8.67. The molecule has 3 unspecified atom stereocenters. The lowest BCUT2D eigenvalue weighted by Crippen LogP contribution is -2.43. The van der Waals surface area contributed by atoms with Gasteiger partial charge in [-0.05, 0) is 37.2 Å². The first-order valence-corrected chi connectivity index (χ1v) is 11.2. The molecule has 0 bridgehead atoms. The van der Waals surface area contributed by atoms with Gasteiger partial charge in [-0.25, -0.2) is 4.98 Å². The van der Waals surface area contributed by atoms with Gasteiger partial charge in [-0.3, -0.25) is 19.0 Å². The second-order valence-corrected chi connectivity index (χ2v) is 9.11. The number of nitrogens with one attached hydrogen (secondary N) is 2. The van der Waals surface area contributed by atoms with Gasteiger partial charge in [-0.1, -0.05) is 33.6 Å². The molecule has 0 spiro atoms. The van der Waals surface area contributed by atoms with Crippen LogP contribution in [0.5, 0.6) is 0 Å². The average molecular weight is 419 g/mol. The van der Waals surface area contributed by atoms with Crippen molar-refractivity contribution in [2.45, 2.75) is 66.0 Å². The summed E-state index contributed by atoms with van der Waals surface area (Å²) >= 11 is 1.24. The summed E-state index contributed by atoms with van der Waals surface area (Å²) < 4.78 is 1.31. The van der Waals surface area contributed by atoms with Crippen molar-refractivity contribution in [3.63, 3.8) is 0 Å². The summed E-state index contributed by atoms with van der Waals surface area (Å²) in [5.41, 5.74) is 0.355. The average Bonchev–Trinajstić information content (AvgIpc) is 3.03. The van der Waals surface area contributed by atoms with Gasteiger partial charge in [0.15, 0.2) is 0 Å². The third-order valence-electron chi connectivity index (χ3n) is 6.03. The van der Waals surface area contributed by atoms with E-state index in [4.69, 9.17) is 0 Å². The number of hydrogen-bond donors (Lipinski definition) is 2. The fraction of sp³-hybridized carbons (Fsp3) is 0.619. The number of fused-ring (bicyclic) bond motifs is 1. The number of aromatic nitrogens is 2. The number of amides is 2. The maximum atomic E-state index is 12.9. The Morgan fingerprint density at radius 2 is 2.07 bits per heavy atom. The Morgan fingerprint density at radius 3 is 2.79 bits per heavy atom. The van der Waals surface area contributed by atoms with Crippen molar-refractivity contribution in [2.24, 2.45) is 11.8 Å². The van der Waals surface area contributed by atoms with Gasteiger partial charge in [0.1, 0.15) is 11.4 Å². The molecule has 1 aliphatic carbocycles. The normalized spacial score (nSPS) is 21.9. The molecule has 1 aliphatic rings. The highest BCUT2D eigenvalue weighted by molar-refractivity contribution is 7.20. The van der Waals surface area contributed by atoms with Crippen molar-refractivity contribution in [3.05, 3.63) is 27.1 Å². The second-order valence-electron chi connectivity index (χ2n) is 8.11. The van der Waals surface area contributed by atoms with E-state index in [0.717, 1.165) is 19.3 Å². The molecule has 0 aromatic carbocycles. The van der Waals surface area contributed by atoms with Crippen molar-refractivity contribution in [3.8, 4) is 0 Å². The molecular formula is C21H30N4O3S. The number of rotatable bonds is 6. The van der Waals surface area contributed by atoms with Gasteiger partial charge in [0.25, 0.3) is 11.5 Å². The second kappa shape index (κ2) is 9.07. The van der Waals surface area contributed by atoms with Gasteiger partial charge in [0.2, 0.25) is 5.91 Å². The topological polar surface area (TPSA) is 93.1 Å². The summed E-state index contributed by atoms with van der Waals surface area (Å²) in [6.07, 6.45) is 5.52. The van der Waals surface area contributed by atoms with Crippen molar-refractivity contribution >= 4 is 33.4 Å². The van der Waals surface area contributed by atoms with E-state index in [9.17, 15) is 14.4 Å². The number of carbonyl (C=O) groups excluding carboxylic acids is 2. The van der Waals surface area contributed by atoms with Crippen LogP contribution in [0, 0.1) is 18.8 Å². The molecule has 2 aromatic heterocycles. The minimum absolute atomic E-state index is 0.0733. The summed E-state index contributed by atoms with van der Waals surface area (Å²) in [5, 5.41) is 6.36. The summed E-state index contributed by atoms with van der Waals surface area (Å²) in [5.74, 6) is 0.661. The van der Waals surface area contributed by atoms with Crippen molar-refractivity contribution in [1.29, 1.82) is 0 Å². The van der Waals surface area contributed by atoms with Crippen molar-refractivity contribution < 1.29 is 9.59 Å². The van der Waals surface area contributed by atoms with Crippen LogP contribution in [0.4, 0.5) is 0 Å². The maximum Gasteiger partial charge on any atom is 0.262 e. The lowest BCUT2D eigenvalue weighted by atomic mass is 9.78. The van der Waals surface area contributed by atoms with E-state index in [2.05, 4.69) is 29.5 Å². The molecule has 1 fully saturated rings.